The molecule has 5 nitrogen and oxygen atoms in total. The Hall–Kier alpha value is -1.01. The van der Waals surface area contributed by atoms with Crippen LogP contribution >= 0.6 is 23.2 Å². The molecule has 0 aliphatic heterocycles. The zero-order chi connectivity index (χ0) is 15.3. The maximum Gasteiger partial charge on any atom is 0.319 e. The summed E-state index contributed by atoms with van der Waals surface area (Å²) in [5.74, 6) is 0. The van der Waals surface area contributed by atoms with Crippen molar-refractivity contribution >= 4 is 34.9 Å². The van der Waals surface area contributed by atoms with Gasteiger partial charge < -0.3 is 20.6 Å². The fraction of sp³-hybridized carbons (Fsp3) is 0.462. The van der Waals surface area contributed by atoms with Crippen molar-refractivity contribution in [2.75, 3.05) is 32.5 Å². The van der Waals surface area contributed by atoms with Crippen LogP contribution in [0.15, 0.2) is 18.2 Å². The van der Waals surface area contributed by atoms with Crippen LogP contribution in [-0.2, 0) is 0 Å². The first kappa shape index (κ1) is 17.0. The van der Waals surface area contributed by atoms with E-state index in [-0.39, 0.29) is 6.54 Å². The van der Waals surface area contributed by atoms with Gasteiger partial charge in [-0.25, -0.2) is 4.79 Å². The number of nitrogens with one attached hydrogen (secondary N) is 2. The lowest BCUT2D eigenvalue weighted by atomic mass is 10.1. The molecular formula is C13H19Cl2N3O2. The second kappa shape index (κ2) is 7.13. The molecule has 0 heterocycles. The number of aliphatic hydroxyl groups is 1. The molecule has 112 valence electrons. The molecule has 0 aromatic heterocycles. The predicted octanol–water partition coefficient (Wildman–Crippen LogP) is 2.43. The molecule has 0 aliphatic carbocycles. The van der Waals surface area contributed by atoms with Gasteiger partial charge in [-0.05, 0) is 39.2 Å². The van der Waals surface area contributed by atoms with E-state index in [9.17, 15) is 9.90 Å². The van der Waals surface area contributed by atoms with Crippen molar-refractivity contribution in [2.45, 2.75) is 12.5 Å². The lowest BCUT2D eigenvalue weighted by Crippen LogP contribution is -2.48. The number of likely N-dealkylation sites (N-methyl/N-ethyl adjacent to an activating group) is 1. The Morgan fingerprint density at radius 1 is 1.35 bits per heavy atom. The van der Waals surface area contributed by atoms with Crippen LogP contribution < -0.4 is 10.6 Å². The highest BCUT2D eigenvalue weighted by molar-refractivity contribution is 6.42. The number of nitrogens with zero attached hydrogens (tertiary/aromatic N) is 1. The summed E-state index contributed by atoms with van der Waals surface area (Å²) in [5, 5.41) is 16.1. The average Bonchev–Trinajstić information content (AvgIpc) is 2.30. The van der Waals surface area contributed by atoms with E-state index in [2.05, 4.69) is 10.6 Å². The van der Waals surface area contributed by atoms with E-state index in [0.717, 1.165) is 0 Å². The first-order valence-electron chi connectivity index (χ1n) is 6.07. The fourth-order valence-corrected chi connectivity index (χ4v) is 2.06. The van der Waals surface area contributed by atoms with Crippen LogP contribution in [0.4, 0.5) is 10.5 Å². The van der Waals surface area contributed by atoms with Crippen LogP contribution in [0.5, 0.6) is 0 Å². The monoisotopic (exact) mass is 319 g/mol. The van der Waals surface area contributed by atoms with E-state index >= 15 is 0 Å². The number of anilines is 1. The number of halogens is 2. The molecule has 3 N–H and O–H groups in total. The molecular weight excluding hydrogens is 301 g/mol. The summed E-state index contributed by atoms with van der Waals surface area (Å²) in [7, 11) is 3.70. The Kier molecular flexibility index (Phi) is 6.07. The lowest BCUT2D eigenvalue weighted by molar-refractivity contribution is 0.0364. The molecule has 2 amide bonds. The summed E-state index contributed by atoms with van der Waals surface area (Å²) >= 11 is 11.6. The topological polar surface area (TPSA) is 64.6 Å². The van der Waals surface area contributed by atoms with Crippen molar-refractivity contribution in [1.29, 1.82) is 0 Å². The minimum absolute atomic E-state index is 0.137. The first-order chi connectivity index (χ1) is 9.19. The van der Waals surface area contributed by atoms with E-state index in [1.54, 1.807) is 25.1 Å². The van der Waals surface area contributed by atoms with E-state index < -0.39 is 11.6 Å². The van der Waals surface area contributed by atoms with Crippen LogP contribution in [0.1, 0.15) is 6.92 Å². The summed E-state index contributed by atoms with van der Waals surface area (Å²) in [4.78, 5) is 13.6. The van der Waals surface area contributed by atoms with E-state index in [0.29, 0.717) is 22.3 Å². The number of rotatable bonds is 5. The van der Waals surface area contributed by atoms with Crippen LogP contribution in [0, 0.1) is 0 Å². The van der Waals surface area contributed by atoms with Gasteiger partial charge in [0.25, 0.3) is 0 Å². The SMILES string of the molecule is CN(C)CC(C)(O)CNC(=O)Nc1ccc(Cl)c(Cl)c1. The normalized spacial score (nSPS) is 13.9. The highest BCUT2D eigenvalue weighted by Gasteiger charge is 2.22. The molecule has 0 bridgehead atoms. The van der Waals surface area contributed by atoms with Crippen molar-refractivity contribution in [2.24, 2.45) is 0 Å². The van der Waals surface area contributed by atoms with E-state index in [1.165, 1.54) is 0 Å². The van der Waals surface area contributed by atoms with E-state index in [1.807, 2.05) is 19.0 Å². The molecule has 1 aromatic rings. The number of urea groups is 1. The second-order valence-electron chi connectivity index (χ2n) is 5.17. The van der Waals surface area contributed by atoms with Gasteiger partial charge in [-0.1, -0.05) is 23.2 Å². The molecule has 1 atom stereocenters. The molecule has 20 heavy (non-hydrogen) atoms. The minimum atomic E-state index is -1.00. The van der Waals surface area contributed by atoms with Crippen LogP contribution in [0.3, 0.4) is 0 Å². The third-order valence-corrected chi connectivity index (χ3v) is 3.20. The summed E-state index contributed by atoms with van der Waals surface area (Å²) in [6.45, 7) is 2.24. The highest BCUT2D eigenvalue weighted by atomic mass is 35.5. The number of hydrogen-bond donors (Lipinski definition) is 3. The molecule has 7 heteroatoms. The number of carbonyl (C=O) groups excluding carboxylic acids is 1. The number of hydrogen-bond acceptors (Lipinski definition) is 3. The average molecular weight is 320 g/mol. The Balaban J connectivity index is 2.49. The van der Waals surface area contributed by atoms with E-state index in [4.69, 9.17) is 23.2 Å². The molecule has 0 radical (unpaired) electrons. The van der Waals surface area contributed by atoms with Gasteiger partial charge in [-0.15, -0.1) is 0 Å². The van der Waals surface area contributed by atoms with Gasteiger partial charge in [-0.3, -0.25) is 0 Å². The molecule has 0 spiro atoms. The molecule has 1 unspecified atom stereocenters. The standard InChI is InChI=1S/C13H19Cl2N3O2/c1-13(20,8-18(2)3)7-16-12(19)17-9-4-5-10(14)11(15)6-9/h4-6,20H,7-8H2,1-3H3,(H2,16,17,19). The smallest absolute Gasteiger partial charge is 0.319 e. The maximum atomic E-state index is 11.7. The number of amides is 2. The van der Waals surface area contributed by atoms with Crippen molar-refractivity contribution in [3.05, 3.63) is 28.2 Å². The highest BCUT2D eigenvalue weighted by Crippen LogP contribution is 2.24. The fourth-order valence-electron chi connectivity index (χ4n) is 1.76. The predicted molar refractivity (Wildman–Crippen MR) is 82.7 cm³/mol. The number of carbonyl (C=O) groups is 1. The molecule has 0 fully saturated rings. The molecule has 0 saturated carbocycles. The third-order valence-electron chi connectivity index (χ3n) is 2.46. The van der Waals surface area contributed by atoms with Crippen LogP contribution in [0.2, 0.25) is 10.0 Å². The van der Waals surface area contributed by atoms with Gasteiger partial charge in [0, 0.05) is 18.8 Å². The Labute approximate surface area is 128 Å². The Bertz CT molecular complexity index is 479. The summed E-state index contributed by atoms with van der Waals surface area (Å²) in [6.07, 6.45) is 0. The maximum absolute atomic E-state index is 11.7. The van der Waals surface area contributed by atoms with Crippen LogP contribution in [0.25, 0.3) is 0 Å². The van der Waals surface area contributed by atoms with Gasteiger partial charge in [0.15, 0.2) is 0 Å². The van der Waals surface area contributed by atoms with Gasteiger partial charge in [0.2, 0.25) is 0 Å². The quantitative estimate of drug-likeness (QED) is 0.781. The number of benzene rings is 1. The largest absolute Gasteiger partial charge is 0.387 e. The van der Waals surface area contributed by atoms with Gasteiger partial charge in [0.1, 0.15) is 0 Å². The van der Waals surface area contributed by atoms with Crippen molar-refractivity contribution in [1.82, 2.24) is 10.2 Å². The lowest BCUT2D eigenvalue weighted by Gasteiger charge is -2.27. The van der Waals surface area contributed by atoms with Crippen molar-refractivity contribution in [3.8, 4) is 0 Å². The first-order valence-corrected chi connectivity index (χ1v) is 6.82. The molecule has 1 rings (SSSR count). The summed E-state index contributed by atoms with van der Waals surface area (Å²) in [5.41, 5.74) is -0.470. The zero-order valence-electron chi connectivity index (χ0n) is 11.7. The zero-order valence-corrected chi connectivity index (χ0v) is 13.2. The van der Waals surface area contributed by atoms with Gasteiger partial charge in [0.05, 0.1) is 15.6 Å². The third kappa shape index (κ3) is 5.96. The molecule has 1 aromatic carbocycles. The van der Waals surface area contributed by atoms with Gasteiger partial charge >= 0.3 is 6.03 Å². The summed E-state index contributed by atoms with van der Waals surface area (Å²) < 4.78 is 0. The van der Waals surface area contributed by atoms with Crippen LogP contribution in [-0.4, -0.2) is 48.8 Å². The Morgan fingerprint density at radius 3 is 2.55 bits per heavy atom. The van der Waals surface area contributed by atoms with Crippen molar-refractivity contribution < 1.29 is 9.90 Å². The summed E-state index contributed by atoms with van der Waals surface area (Å²) in [6, 6.07) is 4.39. The molecule has 0 saturated heterocycles. The Morgan fingerprint density at radius 2 is 2.00 bits per heavy atom. The molecule has 0 aliphatic rings. The van der Waals surface area contributed by atoms with Gasteiger partial charge in [-0.2, -0.15) is 0 Å². The minimum Gasteiger partial charge on any atom is -0.387 e. The van der Waals surface area contributed by atoms with Crippen molar-refractivity contribution in [3.63, 3.8) is 0 Å². The second-order valence-corrected chi connectivity index (χ2v) is 5.99.